The van der Waals surface area contributed by atoms with Gasteiger partial charge in [0.2, 0.25) is 0 Å². The Morgan fingerprint density at radius 1 is 1.20 bits per heavy atom. The van der Waals surface area contributed by atoms with Gasteiger partial charge in [0.25, 0.3) is 0 Å². The Balaban J connectivity index is 2.82. The van der Waals surface area contributed by atoms with E-state index >= 15 is 0 Å². The summed E-state index contributed by atoms with van der Waals surface area (Å²) < 4.78 is 0. The molecule has 84 valence electrons. The smallest absolute Gasteiger partial charge is 0.0440 e. The van der Waals surface area contributed by atoms with Crippen molar-refractivity contribution in [3.63, 3.8) is 0 Å². The average Bonchev–Trinajstić information content (AvgIpc) is 2.07. The Morgan fingerprint density at radius 2 is 1.87 bits per heavy atom. The van der Waals surface area contributed by atoms with Crippen LogP contribution in [0.25, 0.3) is 0 Å². The Morgan fingerprint density at radius 3 is 2.33 bits per heavy atom. The highest BCUT2D eigenvalue weighted by molar-refractivity contribution is 6.31. The van der Waals surface area contributed by atoms with Gasteiger partial charge in [0.15, 0.2) is 0 Å². The molecule has 0 aromatic heterocycles. The predicted octanol–water partition coefficient (Wildman–Crippen LogP) is 4.88. The summed E-state index contributed by atoms with van der Waals surface area (Å²) in [7, 11) is 0. The van der Waals surface area contributed by atoms with Crippen molar-refractivity contribution in [2.45, 2.75) is 47.0 Å². The molecular weight excluding hydrogens is 204 g/mol. The van der Waals surface area contributed by atoms with Crippen molar-refractivity contribution in [1.29, 1.82) is 0 Å². The van der Waals surface area contributed by atoms with Crippen LogP contribution < -0.4 is 0 Å². The molecule has 0 unspecified atom stereocenters. The zero-order valence-corrected chi connectivity index (χ0v) is 11.0. The van der Waals surface area contributed by atoms with Gasteiger partial charge in [-0.1, -0.05) is 57.8 Å². The van der Waals surface area contributed by atoms with E-state index in [2.05, 4.69) is 45.9 Å². The van der Waals surface area contributed by atoms with Crippen molar-refractivity contribution in [2.24, 2.45) is 5.41 Å². The highest BCUT2D eigenvalue weighted by atomic mass is 35.5. The molecule has 1 aromatic rings. The fraction of sp³-hybridized carbons (Fsp3) is 0.571. The third-order valence-electron chi connectivity index (χ3n) is 2.37. The molecular formula is C14H21Cl. The first-order chi connectivity index (χ1) is 6.92. The number of aryl methyl sites for hydroxylation is 1. The van der Waals surface area contributed by atoms with Crippen molar-refractivity contribution < 1.29 is 0 Å². The summed E-state index contributed by atoms with van der Waals surface area (Å²) in [6.45, 7) is 8.93. The predicted molar refractivity (Wildman–Crippen MR) is 68.6 cm³/mol. The number of rotatable bonds is 3. The van der Waals surface area contributed by atoms with Crippen LogP contribution in [0.15, 0.2) is 18.2 Å². The van der Waals surface area contributed by atoms with Gasteiger partial charge in [0, 0.05) is 5.02 Å². The lowest BCUT2D eigenvalue weighted by molar-refractivity contribution is 0.411. The second-order valence-corrected chi connectivity index (χ2v) is 5.82. The molecule has 0 aliphatic carbocycles. The van der Waals surface area contributed by atoms with E-state index in [1.165, 1.54) is 11.1 Å². The van der Waals surface area contributed by atoms with Crippen molar-refractivity contribution in [1.82, 2.24) is 0 Å². The van der Waals surface area contributed by atoms with Crippen LogP contribution in [0.5, 0.6) is 0 Å². The van der Waals surface area contributed by atoms with Gasteiger partial charge in [0.1, 0.15) is 0 Å². The number of hydrogen-bond acceptors (Lipinski definition) is 0. The molecule has 15 heavy (non-hydrogen) atoms. The van der Waals surface area contributed by atoms with Crippen LogP contribution >= 0.6 is 11.6 Å². The van der Waals surface area contributed by atoms with Gasteiger partial charge in [-0.2, -0.15) is 0 Å². The number of halogens is 1. The minimum Gasteiger partial charge on any atom is -0.0840 e. The van der Waals surface area contributed by atoms with Crippen LogP contribution in [0.1, 0.15) is 45.2 Å². The van der Waals surface area contributed by atoms with Crippen LogP contribution in [-0.4, -0.2) is 0 Å². The first kappa shape index (κ1) is 12.6. The van der Waals surface area contributed by atoms with E-state index < -0.39 is 0 Å². The van der Waals surface area contributed by atoms with Crippen LogP contribution in [0, 0.1) is 5.41 Å². The summed E-state index contributed by atoms with van der Waals surface area (Å²) in [5, 5.41) is 0.929. The summed E-state index contributed by atoms with van der Waals surface area (Å²) in [4.78, 5) is 0. The summed E-state index contributed by atoms with van der Waals surface area (Å²) in [6, 6.07) is 6.51. The Hall–Kier alpha value is -0.490. The van der Waals surface area contributed by atoms with Crippen LogP contribution in [0.2, 0.25) is 5.02 Å². The molecule has 0 radical (unpaired) electrons. The maximum absolute atomic E-state index is 6.24. The third kappa shape index (κ3) is 4.25. The van der Waals surface area contributed by atoms with Gasteiger partial charge in [-0.15, -0.1) is 0 Å². The molecule has 0 aliphatic rings. The molecule has 1 aromatic carbocycles. The molecule has 0 fully saturated rings. The quantitative estimate of drug-likeness (QED) is 0.687. The molecule has 0 nitrogen and oxygen atoms in total. The first-order valence-corrected chi connectivity index (χ1v) is 6.07. The summed E-state index contributed by atoms with van der Waals surface area (Å²) in [6.07, 6.45) is 3.31. The van der Waals surface area contributed by atoms with E-state index in [0.29, 0.717) is 5.41 Å². The number of hydrogen-bond donors (Lipinski definition) is 0. The molecule has 1 rings (SSSR count). The molecule has 0 N–H and O–H groups in total. The molecule has 0 spiro atoms. The molecule has 0 aliphatic heterocycles. The van der Waals surface area contributed by atoms with E-state index in [1.54, 1.807) is 0 Å². The van der Waals surface area contributed by atoms with Gasteiger partial charge in [-0.3, -0.25) is 0 Å². The fourth-order valence-electron chi connectivity index (χ4n) is 1.79. The van der Waals surface area contributed by atoms with Gasteiger partial charge in [0.05, 0.1) is 0 Å². The largest absolute Gasteiger partial charge is 0.0840 e. The zero-order valence-electron chi connectivity index (χ0n) is 10.2. The van der Waals surface area contributed by atoms with E-state index in [9.17, 15) is 0 Å². The lowest BCUT2D eigenvalue weighted by Gasteiger charge is -2.18. The Bertz CT molecular complexity index is 321. The second kappa shape index (κ2) is 5.03. The van der Waals surface area contributed by atoms with Crippen molar-refractivity contribution in [3.05, 3.63) is 34.3 Å². The summed E-state index contributed by atoms with van der Waals surface area (Å²) in [5.41, 5.74) is 2.94. The van der Waals surface area contributed by atoms with Crippen molar-refractivity contribution in [3.8, 4) is 0 Å². The molecule has 0 saturated carbocycles. The third-order valence-corrected chi connectivity index (χ3v) is 2.72. The zero-order chi connectivity index (χ0) is 11.5. The van der Waals surface area contributed by atoms with Crippen LogP contribution in [0.4, 0.5) is 0 Å². The van der Waals surface area contributed by atoms with Gasteiger partial charge in [-0.25, -0.2) is 0 Å². The lowest BCUT2D eigenvalue weighted by Crippen LogP contribution is -2.09. The van der Waals surface area contributed by atoms with E-state index in [0.717, 1.165) is 24.3 Å². The minimum atomic E-state index is 0.329. The highest BCUT2D eigenvalue weighted by Gasteiger charge is 2.12. The standard InChI is InChI=1S/C14H21Cl/c1-5-6-12-8-7-11(9-13(12)15)10-14(2,3)4/h7-9H,5-6,10H2,1-4H3. The summed E-state index contributed by atoms with van der Waals surface area (Å²) >= 11 is 6.24. The molecule has 0 heterocycles. The Labute approximate surface area is 98.7 Å². The van der Waals surface area contributed by atoms with Gasteiger partial charge in [-0.05, 0) is 35.4 Å². The highest BCUT2D eigenvalue weighted by Crippen LogP contribution is 2.25. The molecule has 0 amide bonds. The lowest BCUT2D eigenvalue weighted by atomic mass is 9.88. The SMILES string of the molecule is CCCc1ccc(CC(C)(C)C)cc1Cl. The monoisotopic (exact) mass is 224 g/mol. The second-order valence-electron chi connectivity index (χ2n) is 5.41. The molecule has 0 saturated heterocycles. The topological polar surface area (TPSA) is 0 Å². The number of benzene rings is 1. The average molecular weight is 225 g/mol. The molecule has 0 bridgehead atoms. The van der Waals surface area contributed by atoms with E-state index in [1.807, 2.05) is 0 Å². The van der Waals surface area contributed by atoms with Crippen LogP contribution in [0.3, 0.4) is 0 Å². The first-order valence-electron chi connectivity index (χ1n) is 5.69. The molecule has 0 atom stereocenters. The normalized spacial score (nSPS) is 11.8. The Kier molecular flexibility index (Phi) is 4.21. The van der Waals surface area contributed by atoms with E-state index in [4.69, 9.17) is 11.6 Å². The minimum absolute atomic E-state index is 0.329. The summed E-state index contributed by atoms with van der Waals surface area (Å²) in [5.74, 6) is 0. The fourth-order valence-corrected chi connectivity index (χ4v) is 2.08. The van der Waals surface area contributed by atoms with Gasteiger partial charge < -0.3 is 0 Å². The van der Waals surface area contributed by atoms with Gasteiger partial charge >= 0.3 is 0 Å². The van der Waals surface area contributed by atoms with E-state index in [-0.39, 0.29) is 0 Å². The maximum Gasteiger partial charge on any atom is 0.0440 e. The van der Waals surface area contributed by atoms with Crippen LogP contribution in [-0.2, 0) is 12.8 Å². The molecule has 1 heteroatoms. The van der Waals surface area contributed by atoms with Crippen molar-refractivity contribution >= 4 is 11.6 Å². The maximum atomic E-state index is 6.24. The van der Waals surface area contributed by atoms with Crippen molar-refractivity contribution in [2.75, 3.05) is 0 Å².